The topological polar surface area (TPSA) is 15.3 Å². The van der Waals surface area contributed by atoms with Crippen LogP contribution in [0.15, 0.2) is 60.7 Å². The first kappa shape index (κ1) is 14.3. The zero-order chi connectivity index (χ0) is 14.7. The Hall–Kier alpha value is -1.64. The monoisotopic (exact) mass is 280 g/mol. The van der Waals surface area contributed by atoms with Crippen molar-refractivity contribution in [3.8, 4) is 0 Å². The lowest BCUT2D eigenvalue weighted by molar-refractivity contribution is 0.0772. The van der Waals surface area contributed by atoms with E-state index in [2.05, 4.69) is 84.9 Å². The quantitative estimate of drug-likeness (QED) is 0.929. The Kier molecular flexibility index (Phi) is 4.09. The van der Waals surface area contributed by atoms with Crippen molar-refractivity contribution in [2.45, 2.75) is 24.9 Å². The molecule has 2 aromatic rings. The van der Waals surface area contributed by atoms with E-state index in [0.717, 1.165) is 19.5 Å². The van der Waals surface area contributed by atoms with E-state index in [-0.39, 0.29) is 5.54 Å². The lowest BCUT2D eigenvalue weighted by Crippen LogP contribution is -2.60. The fraction of sp³-hybridized carbons (Fsp3) is 0.368. The van der Waals surface area contributed by atoms with Gasteiger partial charge < -0.3 is 5.32 Å². The second-order valence-corrected chi connectivity index (χ2v) is 6.29. The highest BCUT2D eigenvalue weighted by atomic mass is 15.2. The Balaban J connectivity index is 1.70. The van der Waals surface area contributed by atoms with Crippen LogP contribution in [-0.4, -0.2) is 31.1 Å². The molecule has 3 rings (SSSR count). The number of nitrogens with zero attached hydrogens (tertiary/aromatic N) is 1. The van der Waals surface area contributed by atoms with Gasteiger partial charge in [-0.2, -0.15) is 0 Å². The summed E-state index contributed by atoms with van der Waals surface area (Å²) >= 11 is 0. The third kappa shape index (κ3) is 3.02. The van der Waals surface area contributed by atoms with Crippen LogP contribution < -0.4 is 5.32 Å². The molecule has 2 heteroatoms. The van der Waals surface area contributed by atoms with Crippen LogP contribution in [0.5, 0.6) is 0 Å². The summed E-state index contributed by atoms with van der Waals surface area (Å²) in [5, 5.41) is 3.75. The molecule has 2 unspecified atom stereocenters. The van der Waals surface area contributed by atoms with Gasteiger partial charge in [0, 0.05) is 19.1 Å². The molecule has 1 heterocycles. The highest BCUT2D eigenvalue weighted by Crippen LogP contribution is 2.29. The average molecular weight is 280 g/mol. The predicted octanol–water partition coefficient (Wildman–Crippen LogP) is 3.05. The van der Waals surface area contributed by atoms with Crippen molar-refractivity contribution in [1.82, 2.24) is 10.2 Å². The normalized spacial score (nSPS) is 26.7. The van der Waals surface area contributed by atoms with Gasteiger partial charge in [-0.3, -0.25) is 4.90 Å². The number of hydrogen-bond acceptors (Lipinski definition) is 2. The number of rotatable bonds is 3. The smallest absolute Gasteiger partial charge is 0.0555 e. The fourth-order valence-corrected chi connectivity index (χ4v) is 3.23. The number of benzene rings is 2. The average Bonchev–Trinajstić information content (AvgIpc) is 2.53. The van der Waals surface area contributed by atoms with E-state index >= 15 is 0 Å². The Morgan fingerprint density at radius 2 is 1.67 bits per heavy atom. The maximum Gasteiger partial charge on any atom is 0.0555 e. The van der Waals surface area contributed by atoms with E-state index in [9.17, 15) is 0 Å². The molecule has 0 amide bonds. The summed E-state index contributed by atoms with van der Waals surface area (Å²) in [5.41, 5.74) is 2.87. The number of likely N-dealkylation sites (N-methyl/N-ethyl adjacent to an activating group) is 1. The summed E-state index contributed by atoms with van der Waals surface area (Å²) in [7, 11) is 2.24. The van der Waals surface area contributed by atoms with Crippen molar-refractivity contribution in [2.24, 2.45) is 0 Å². The molecule has 1 saturated heterocycles. The SMILES string of the molecule is CN1CC(Cc2ccccc2)NCC1(C)c1ccccc1. The van der Waals surface area contributed by atoms with E-state index in [0.29, 0.717) is 6.04 Å². The first-order valence-corrected chi connectivity index (χ1v) is 7.72. The number of piperazine rings is 1. The number of nitrogens with one attached hydrogen (secondary N) is 1. The second kappa shape index (κ2) is 6.00. The molecule has 0 radical (unpaired) electrons. The summed E-state index contributed by atoms with van der Waals surface area (Å²) in [6.07, 6.45) is 1.09. The van der Waals surface area contributed by atoms with Crippen LogP contribution in [0.3, 0.4) is 0 Å². The Labute approximate surface area is 127 Å². The van der Waals surface area contributed by atoms with E-state index < -0.39 is 0 Å². The lowest BCUT2D eigenvalue weighted by atomic mass is 9.86. The lowest BCUT2D eigenvalue weighted by Gasteiger charge is -2.46. The van der Waals surface area contributed by atoms with Crippen molar-refractivity contribution in [3.05, 3.63) is 71.8 Å². The van der Waals surface area contributed by atoms with Crippen LogP contribution in [-0.2, 0) is 12.0 Å². The van der Waals surface area contributed by atoms with Gasteiger partial charge >= 0.3 is 0 Å². The van der Waals surface area contributed by atoms with Crippen LogP contribution in [0.25, 0.3) is 0 Å². The summed E-state index contributed by atoms with van der Waals surface area (Å²) in [6, 6.07) is 22.1. The summed E-state index contributed by atoms with van der Waals surface area (Å²) in [4.78, 5) is 2.49. The Morgan fingerprint density at radius 3 is 2.29 bits per heavy atom. The predicted molar refractivity (Wildman–Crippen MR) is 88.4 cm³/mol. The van der Waals surface area contributed by atoms with Crippen LogP contribution in [0.4, 0.5) is 0 Å². The zero-order valence-electron chi connectivity index (χ0n) is 12.9. The van der Waals surface area contributed by atoms with Crippen molar-refractivity contribution in [1.29, 1.82) is 0 Å². The van der Waals surface area contributed by atoms with E-state index in [1.165, 1.54) is 11.1 Å². The maximum absolute atomic E-state index is 3.75. The van der Waals surface area contributed by atoms with E-state index in [4.69, 9.17) is 0 Å². The summed E-state index contributed by atoms with van der Waals surface area (Å²) < 4.78 is 0. The van der Waals surface area contributed by atoms with Crippen LogP contribution in [0, 0.1) is 0 Å². The van der Waals surface area contributed by atoms with E-state index in [1.807, 2.05) is 0 Å². The zero-order valence-corrected chi connectivity index (χ0v) is 12.9. The molecule has 0 saturated carbocycles. The molecule has 2 atom stereocenters. The van der Waals surface area contributed by atoms with Gasteiger partial charge in [0.2, 0.25) is 0 Å². The van der Waals surface area contributed by atoms with Gasteiger partial charge in [0.1, 0.15) is 0 Å². The molecule has 2 aromatic carbocycles. The fourth-order valence-electron chi connectivity index (χ4n) is 3.23. The molecule has 1 aliphatic rings. The molecular weight excluding hydrogens is 256 g/mol. The largest absolute Gasteiger partial charge is 0.310 e. The van der Waals surface area contributed by atoms with Gasteiger partial charge in [-0.05, 0) is 31.5 Å². The molecule has 0 spiro atoms. The van der Waals surface area contributed by atoms with Gasteiger partial charge in [0.25, 0.3) is 0 Å². The van der Waals surface area contributed by atoms with Crippen molar-refractivity contribution < 1.29 is 0 Å². The summed E-state index contributed by atoms with van der Waals surface area (Å²) in [5.74, 6) is 0. The molecule has 21 heavy (non-hydrogen) atoms. The molecule has 2 nitrogen and oxygen atoms in total. The van der Waals surface area contributed by atoms with Crippen LogP contribution in [0.2, 0.25) is 0 Å². The Bertz CT molecular complexity index is 567. The molecule has 0 aliphatic carbocycles. The molecule has 110 valence electrons. The van der Waals surface area contributed by atoms with Crippen LogP contribution >= 0.6 is 0 Å². The van der Waals surface area contributed by atoms with Gasteiger partial charge in [0.15, 0.2) is 0 Å². The molecule has 0 bridgehead atoms. The van der Waals surface area contributed by atoms with Crippen molar-refractivity contribution in [3.63, 3.8) is 0 Å². The number of hydrogen-bond donors (Lipinski definition) is 1. The standard InChI is InChI=1S/C19H24N2/c1-19(17-11-7-4-8-12-17)15-20-18(14-21(19)2)13-16-9-5-3-6-10-16/h3-12,18,20H,13-15H2,1-2H3. The molecular formula is C19H24N2. The minimum atomic E-state index is 0.0778. The third-order valence-electron chi connectivity index (χ3n) is 4.79. The molecule has 0 aromatic heterocycles. The Morgan fingerprint density at radius 1 is 1.05 bits per heavy atom. The first-order chi connectivity index (χ1) is 10.2. The second-order valence-electron chi connectivity index (χ2n) is 6.29. The maximum atomic E-state index is 3.75. The van der Waals surface area contributed by atoms with Gasteiger partial charge in [-0.25, -0.2) is 0 Å². The van der Waals surface area contributed by atoms with Gasteiger partial charge in [-0.1, -0.05) is 60.7 Å². The minimum absolute atomic E-state index is 0.0778. The molecule has 1 fully saturated rings. The first-order valence-electron chi connectivity index (χ1n) is 7.72. The summed E-state index contributed by atoms with van der Waals surface area (Å²) in [6.45, 7) is 4.39. The third-order valence-corrected chi connectivity index (χ3v) is 4.79. The van der Waals surface area contributed by atoms with Crippen molar-refractivity contribution >= 4 is 0 Å². The van der Waals surface area contributed by atoms with Gasteiger partial charge in [-0.15, -0.1) is 0 Å². The van der Waals surface area contributed by atoms with Gasteiger partial charge in [0.05, 0.1) is 5.54 Å². The molecule has 1 aliphatic heterocycles. The highest BCUT2D eigenvalue weighted by Gasteiger charge is 2.36. The molecule has 1 N–H and O–H groups in total. The highest BCUT2D eigenvalue weighted by molar-refractivity contribution is 5.26. The van der Waals surface area contributed by atoms with E-state index in [1.54, 1.807) is 0 Å². The minimum Gasteiger partial charge on any atom is -0.310 e. The van der Waals surface area contributed by atoms with Crippen LogP contribution in [0.1, 0.15) is 18.1 Å². The van der Waals surface area contributed by atoms with Crippen molar-refractivity contribution in [2.75, 3.05) is 20.1 Å².